The lowest BCUT2D eigenvalue weighted by Gasteiger charge is -2.26. The zero-order chi connectivity index (χ0) is 19.3. The lowest BCUT2D eigenvalue weighted by atomic mass is 9.98. The predicted octanol–water partition coefficient (Wildman–Crippen LogP) is 5.01. The molecule has 0 saturated heterocycles. The number of rotatable bonds is 5. The molecule has 0 saturated carbocycles. The highest BCUT2D eigenvalue weighted by Crippen LogP contribution is 2.20. The van der Waals surface area contributed by atoms with Crippen molar-refractivity contribution >= 4 is 5.78 Å². The summed E-state index contributed by atoms with van der Waals surface area (Å²) in [6, 6.07) is 7.08. The van der Waals surface area contributed by atoms with Gasteiger partial charge < -0.3 is 10.5 Å². The van der Waals surface area contributed by atoms with E-state index in [0.717, 1.165) is 11.1 Å². The average molecular weight is 332 g/mol. The first-order valence-corrected chi connectivity index (χ1v) is 7.94. The van der Waals surface area contributed by atoms with Gasteiger partial charge in [0.2, 0.25) is 0 Å². The summed E-state index contributed by atoms with van der Waals surface area (Å²) >= 11 is 0. The number of carbonyl (C=O) groups is 1. The molecule has 3 nitrogen and oxygen atoms in total. The third-order valence-electron chi connectivity index (χ3n) is 2.85. The monoisotopic (exact) mass is 331 g/mol. The Bertz CT molecular complexity index is 525. The number of nitrogens with two attached hydrogens (primary N) is 1. The van der Waals surface area contributed by atoms with E-state index in [0.29, 0.717) is 5.75 Å². The standard InChI is InChI=1S/C13H19NO2.C6H10.C2H4/c1-9-5-7-11(8-6-9)16-13(3,4)12(15)10(2)14;1-4-5-6(2)3;1-2/h5-8,10H,14H2,1-4H3;4-5H,2H2,1,3H3;1-2H2/b;5-4-;. The molecule has 0 aliphatic carbocycles. The summed E-state index contributed by atoms with van der Waals surface area (Å²) in [5.74, 6) is 0.581. The van der Waals surface area contributed by atoms with Crippen LogP contribution in [0.5, 0.6) is 5.75 Å². The maximum Gasteiger partial charge on any atom is 0.192 e. The second-order valence-corrected chi connectivity index (χ2v) is 5.92. The van der Waals surface area contributed by atoms with Crippen molar-refractivity contribution in [1.29, 1.82) is 0 Å². The molecule has 134 valence electrons. The van der Waals surface area contributed by atoms with Gasteiger partial charge in [0.25, 0.3) is 0 Å². The molecule has 1 unspecified atom stereocenters. The van der Waals surface area contributed by atoms with Crippen molar-refractivity contribution in [3.63, 3.8) is 0 Å². The van der Waals surface area contributed by atoms with Crippen LogP contribution in [0.4, 0.5) is 0 Å². The van der Waals surface area contributed by atoms with Gasteiger partial charge in [-0.05, 0) is 53.7 Å². The number of ketones is 1. The first-order valence-electron chi connectivity index (χ1n) is 7.94. The second-order valence-electron chi connectivity index (χ2n) is 5.92. The van der Waals surface area contributed by atoms with Crippen LogP contribution >= 0.6 is 0 Å². The van der Waals surface area contributed by atoms with E-state index in [1.807, 2.05) is 57.2 Å². The van der Waals surface area contributed by atoms with Crippen molar-refractivity contribution in [3.8, 4) is 5.75 Å². The number of benzene rings is 1. The van der Waals surface area contributed by atoms with Crippen LogP contribution in [0.25, 0.3) is 0 Å². The zero-order valence-corrected chi connectivity index (χ0v) is 16.1. The molecule has 0 radical (unpaired) electrons. The lowest BCUT2D eigenvalue weighted by molar-refractivity contribution is -0.132. The highest BCUT2D eigenvalue weighted by Gasteiger charge is 2.31. The Balaban J connectivity index is 0. The largest absolute Gasteiger partial charge is 0.480 e. The van der Waals surface area contributed by atoms with Gasteiger partial charge in [0.15, 0.2) is 11.4 Å². The fourth-order valence-electron chi connectivity index (χ4n) is 1.78. The predicted molar refractivity (Wildman–Crippen MR) is 105 cm³/mol. The number of hydrogen-bond donors (Lipinski definition) is 1. The molecule has 2 N–H and O–H groups in total. The molecule has 1 aromatic carbocycles. The van der Waals surface area contributed by atoms with Gasteiger partial charge in [0.1, 0.15) is 5.75 Å². The highest BCUT2D eigenvalue weighted by molar-refractivity contribution is 5.91. The Labute approximate surface area is 147 Å². The van der Waals surface area contributed by atoms with E-state index in [4.69, 9.17) is 10.5 Å². The van der Waals surface area contributed by atoms with Crippen molar-refractivity contribution in [2.75, 3.05) is 0 Å². The molecular formula is C21H33NO2. The van der Waals surface area contributed by atoms with Crippen LogP contribution in [0.2, 0.25) is 0 Å². The first kappa shape index (κ1) is 24.1. The fraction of sp³-hybridized carbons (Fsp3) is 0.381. The Morgan fingerprint density at radius 1 is 1.25 bits per heavy atom. The maximum absolute atomic E-state index is 11.8. The van der Waals surface area contributed by atoms with Crippen LogP contribution in [0.3, 0.4) is 0 Å². The molecule has 0 aliphatic heterocycles. The van der Waals surface area contributed by atoms with Crippen LogP contribution in [0.15, 0.2) is 61.7 Å². The summed E-state index contributed by atoms with van der Waals surface area (Å²) in [6.45, 7) is 20.8. The molecule has 0 aromatic heterocycles. The minimum Gasteiger partial charge on any atom is -0.480 e. The van der Waals surface area contributed by atoms with Crippen molar-refractivity contribution in [1.82, 2.24) is 0 Å². The average Bonchev–Trinajstić information content (AvgIpc) is 2.51. The van der Waals surface area contributed by atoms with Gasteiger partial charge in [-0.15, -0.1) is 13.2 Å². The van der Waals surface area contributed by atoms with Crippen molar-refractivity contribution < 1.29 is 9.53 Å². The van der Waals surface area contributed by atoms with Crippen LogP contribution in [0, 0.1) is 6.92 Å². The molecule has 24 heavy (non-hydrogen) atoms. The summed E-state index contributed by atoms with van der Waals surface area (Å²) in [6.07, 6.45) is 3.95. The molecule has 0 spiro atoms. The van der Waals surface area contributed by atoms with E-state index in [9.17, 15) is 4.79 Å². The SMILES string of the molecule is C=C.C=C(C)/C=C\C.Cc1ccc(OC(C)(C)C(=O)C(C)N)cc1. The summed E-state index contributed by atoms with van der Waals surface area (Å²) in [5, 5.41) is 0. The van der Waals surface area contributed by atoms with Gasteiger partial charge in [-0.2, -0.15) is 0 Å². The fourth-order valence-corrected chi connectivity index (χ4v) is 1.78. The van der Waals surface area contributed by atoms with Gasteiger partial charge >= 0.3 is 0 Å². The van der Waals surface area contributed by atoms with Gasteiger partial charge in [0, 0.05) is 0 Å². The smallest absolute Gasteiger partial charge is 0.192 e. The van der Waals surface area contributed by atoms with Crippen molar-refractivity contribution in [2.45, 2.75) is 53.2 Å². The molecule has 0 fully saturated rings. The Kier molecular flexibility index (Phi) is 12.4. The summed E-state index contributed by atoms with van der Waals surface area (Å²) in [7, 11) is 0. The summed E-state index contributed by atoms with van der Waals surface area (Å²) in [4.78, 5) is 11.8. The summed E-state index contributed by atoms with van der Waals surface area (Å²) in [5.41, 5.74) is 6.95. The molecule has 0 heterocycles. The molecule has 0 aliphatic rings. The number of allylic oxidation sites excluding steroid dienone is 3. The van der Waals surface area contributed by atoms with Crippen molar-refractivity contribution in [3.05, 3.63) is 67.3 Å². The van der Waals surface area contributed by atoms with Crippen LogP contribution in [-0.4, -0.2) is 17.4 Å². The zero-order valence-electron chi connectivity index (χ0n) is 16.1. The highest BCUT2D eigenvalue weighted by atomic mass is 16.5. The Morgan fingerprint density at radius 3 is 2.00 bits per heavy atom. The Hall–Kier alpha value is -2.13. The van der Waals surface area contributed by atoms with Crippen LogP contribution < -0.4 is 10.5 Å². The molecule has 0 amide bonds. The molecule has 3 heteroatoms. The van der Waals surface area contributed by atoms with E-state index in [1.54, 1.807) is 20.8 Å². The van der Waals surface area contributed by atoms with E-state index in [1.165, 1.54) is 0 Å². The summed E-state index contributed by atoms with van der Waals surface area (Å²) < 4.78 is 5.65. The maximum atomic E-state index is 11.8. The minimum absolute atomic E-state index is 0.104. The number of ether oxygens (including phenoxy) is 1. The second kappa shape index (κ2) is 12.3. The van der Waals surface area contributed by atoms with E-state index < -0.39 is 11.6 Å². The molecule has 0 bridgehead atoms. The Morgan fingerprint density at radius 2 is 1.71 bits per heavy atom. The van der Waals surface area contributed by atoms with Crippen LogP contribution in [0.1, 0.15) is 40.2 Å². The number of aryl methyl sites for hydroxylation is 1. The number of Topliss-reactive ketones (excluding diaryl/α,β-unsaturated/α-hetero) is 1. The van der Waals surface area contributed by atoms with Crippen LogP contribution in [-0.2, 0) is 4.79 Å². The number of hydrogen-bond acceptors (Lipinski definition) is 3. The molecule has 1 rings (SSSR count). The normalized spacial score (nSPS) is 11.5. The van der Waals surface area contributed by atoms with Crippen molar-refractivity contribution in [2.24, 2.45) is 5.73 Å². The number of carbonyl (C=O) groups excluding carboxylic acids is 1. The van der Waals surface area contributed by atoms with Gasteiger partial charge in [-0.3, -0.25) is 4.79 Å². The van der Waals surface area contributed by atoms with Gasteiger partial charge in [-0.1, -0.05) is 42.0 Å². The van der Waals surface area contributed by atoms with E-state index in [2.05, 4.69) is 19.7 Å². The topological polar surface area (TPSA) is 52.3 Å². The van der Waals surface area contributed by atoms with Gasteiger partial charge in [-0.25, -0.2) is 0 Å². The van der Waals surface area contributed by atoms with Gasteiger partial charge in [0.05, 0.1) is 6.04 Å². The molecule has 1 aromatic rings. The third-order valence-corrected chi connectivity index (χ3v) is 2.85. The quantitative estimate of drug-likeness (QED) is 0.609. The minimum atomic E-state index is -0.885. The molecular weight excluding hydrogens is 298 g/mol. The van der Waals surface area contributed by atoms with E-state index in [-0.39, 0.29) is 5.78 Å². The third kappa shape index (κ3) is 10.6. The first-order chi connectivity index (χ1) is 11.1. The lowest BCUT2D eigenvalue weighted by Crippen LogP contribution is -2.47. The van der Waals surface area contributed by atoms with E-state index >= 15 is 0 Å². The molecule has 1 atom stereocenters.